The van der Waals surface area contributed by atoms with E-state index in [1.54, 1.807) is 44.6 Å². The average molecular weight is 291 g/mol. The Morgan fingerprint density at radius 1 is 1.00 bits per heavy atom. The lowest BCUT2D eigenvalue weighted by Crippen LogP contribution is -2.07. The summed E-state index contributed by atoms with van der Waals surface area (Å²) < 4.78 is 10.4. The Morgan fingerprint density at radius 3 is 2.25 bits per heavy atom. The summed E-state index contributed by atoms with van der Waals surface area (Å²) >= 11 is 6.27. The summed E-state index contributed by atoms with van der Waals surface area (Å²) in [7, 11) is 3.11. The van der Waals surface area contributed by atoms with Gasteiger partial charge < -0.3 is 9.47 Å². The van der Waals surface area contributed by atoms with Crippen molar-refractivity contribution >= 4 is 17.4 Å². The molecule has 0 spiro atoms. The number of methoxy groups -OCH3 is 2. The summed E-state index contributed by atoms with van der Waals surface area (Å²) in [6.45, 7) is 0. The van der Waals surface area contributed by atoms with E-state index in [1.807, 2.05) is 18.2 Å². The summed E-state index contributed by atoms with van der Waals surface area (Å²) in [4.78, 5) is 12.3. The highest BCUT2D eigenvalue weighted by Gasteiger charge is 2.20. The van der Waals surface area contributed by atoms with E-state index >= 15 is 0 Å². The van der Waals surface area contributed by atoms with Crippen molar-refractivity contribution < 1.29 is 14.3 Å². The topological polar surface area (TPSA) is 35.5 Å². The zero-order valence-electron chi connectivity index (χ0n) is 11.3. The number of rotatable bonds is 5. The minimum atomic E-state index is -0.753. The van der Waals surface area contributed by atoms with Gasteiger partial charge in [-0.25, -0.2) is 0 Å². The lowest BCUT2D eigenvalue weighted by Gasteiger charge is -2.13. The average Bonchev–Trinajstić information content (AvgIpc) is 2.53. The number of benzene rings is 2. The van der Waals surface area contributed by atoms with Crippen LogP contribution < -0.4 is 9.47 Å². The van der Waals surface area contributed by atoms with Crippen molar-refractivity contribution in [3.05, 3.63) is 59.7 Å². The summed E-state index contributed by atoms with van der Waals surface area (Å²) in [6, 6.07) is 14.2. The van der Waals surface area contributed by atoms with Gasteiger partial charge in [-0.15, -0.1) is 11.6 Å². The van der Waals surface area contributed by atoms with Crippen molar-refractivity contribution in [1.82, 2.24) is 0 Å². The fourth-order valence-corrected chi connectivity index (χ4v) is 2.17. The third kappa shape index (κ3) is 2.94. The minimum absolute atomic E-state index is 0.139. The summed E-state index contributed by atoms with van der Waals surface area (Å²) in [5, 5.41) is -0.753. The second kappa shape index (κ2) is 6.44. The zero-order valence-corrected chi connectivity index (χ0v) is 12.1. The molecule has 0 saturated heterocycles. The first-order valence-electron chi connectivity index (χ1n) is 6.12. The number of carbonyl (C=O) groups excluding carboxylic acids is 1. The number of alkyl halides is 1. The maximum absolute atomic E-state index is 12.3. The minimum Gasteiger partial charge on any atom is -0.493 e. The Balaban J connectivity index is 2.29. The van der Waals surface area contributed by atoms with Gasteiger partial charge in [-0.05, 0) is 17.7 Å². The molecular weight excluding hydrogens is 276 g/mol. The Morgan fingerprint density at radius 2 is 1.65 bits per heavy atom. The lowest BCUT2D eigenvalue weighted by molar-refractivity contribution is 0.0987. The molecule has 0 heterocycles. The molecule has 20 heavy (non-hydrogen) atoms. The van der Waals surface area contributed by atoms with Gasteiger partial charge in [0.25, 0.3) is 0 Å². The van der Waals surface area contributed by atoms with E-state index in [9.17, 15) is 4.79 Å². The number of ether oxygens (including phenoxy) is 2. The first-order valence-corrected chi connectivity index (χ1v) is 6.56. The van der Waals surface area contributed by atoms with Gasteiger partial charge in [0.05, 0.1) is 14.2 Å². The standard InChI is InChI=1S/C16H15ClO3/c1-19-13-9-8-12(10-14(13)20-2)15(17)16(18)11-6-4-3-5-7-11/h3-10,15H,1-2H3. The fourth-order valence-electron chi connectivity index (χ4n) is 1.91. The van der Waals surface area contributed by atoms with Gasteiger partial charge in [-0.3, -0.25) is 4.79 Å². The number of halogens is 1. The maximum atomic E-state index is 12.3. The van der Waals surface area contributed by atoms with E-state index in [1.165, 1.54) is 0 Å². The van der Waals surface area contributed by atoms with Crippen LogP contribution in [0.3, 0.4) is 0 Å². The van der Waals surface area contributed by atoms with Crippen molar-refractivity contribution in [2.45, 2.75) is 5.38 Å². The number of hydrogen-bond acceptors (Lipinski definition) is 3. The summed E-state index contributed by atoms with van der Waals surface area (Å²) in [6.07, 6.45) is 0. The Hall–Kier alpha value is -2.00. The van der Waals surface area contributed by atoms with Gasteiger partial charge in [-0.2, -0.15) is 0 Å². The van der Waals surface area contributed by atoms with Crippen LogP contribution in [-0.4, -0.2) is 20.0 Å². The summed E-state index contributed by atoms with van der Waals surface area (Å²) in [5.41, 5.74) is 1.26. The highest BCUT2D eigenvalue weighted by atomic mass is 35.5. The van der Waals surface area contributed by atoms with Crippen LogP contribution in [0.25, 0.3) is 0 Å². The molecule has 0 fully saturated rings. The molecule has 0 saturated carbocycles. The predicted molar refractivity (Wildman–Crippen MR) is 78.9 cm³/mol. The molecule has 2 rings (SSSR count). The Kier molecular flexibility index (Phi) is 4.64. The number of ketones is 1. The van der Waals surface area contributed by atoms with E-state index in [-0.39, 0.29) is 5.78 Å². The lowest BCUT2D eigenvalue weighted by atomic mass is 10.0. The predicted octanol–water partition coefficient (Wildman–Crippen LogP) is 3.87. The fraction of sp³-hybridized carbons (Fsp3) is 0.188. The quantitative estimate of drug-likeness (QED) is 0.619. The molecule has 2 aromatic rings. The van der Waals surface area contributed by atoms with Gasteiger partial charge in [0, 0.05) is 5.56 Å². The molecule has 0 aliphatic rings. The van der Waals surface area contributed by atoms with Crippen LogP contribution in [0.4, 0.5) is 0 Å². The van der Waals surface area contributed by atoms with Crippen LogP contribution in [-0.2, 0) is 0 Å². The van der Waals surface area contributed by atoms with E-state index in [2.05, 4.69) is 0 Å². The number of carbonyl (C=O) groups is 1. The molecule has 3 nitrogen and oxygen atoms in total. The molecule has 0 radical (unpaired) electrons. The van der Waals surface area contributed by atoms with E-state index in [0.29, 0.717) is 22.6 Å². The van der Waals surface area contributed by atoms with Crippen molar-refractivity contribution in [1.29, 1.82) is 0 Å². The van der Waals surface area contributed by atoms with Gasteiger partial charge in [0.2, 0.25) is 0 Å². The molecule has 0 aliphatic heterocycles. The van der Waals surface area contributed by atoms with E-state index < -0.39 is 5.38 Å². The SMILES string of the molecule is COc1ccc(C(Cl)C(=O)c2ccccc2)cc1OC. The maximum Gasteiger partial charge on any atom is 0.185 e. The van der Waals surface area contributed by atoms with Crippen LogP contribution in [0.5, 0.6) is 11.5 Å². The van der Waals surface area contributed by atoms with Crippen LogP contribution in [0.15, 0.2) is 48.5 Å². The molecule has 1 atom stereocenters. The normalized spacial score (nSPS) is 11.8. The van der Waals surface area contributed by atoms with E-state index in [0.717, 1.165) is 0 Å². The molecule has 0 bridgehead atoms. The highest BCUT2D eigenvalue weighted by molar-refractivity contribution is 6.33. The monoisotopic (exact) mass is 290 g/mol. The van der Waals surface area contributed by atoms with Crippen LogP contribution in [0.2, 0.25) is 0 Å². The van der Waals surface area contributed by atoms with Gasteiger partial charge in [0.1, 0.15) is 5.38 Å². The summed E-state index contributed by atoms with van der Waals surface area (Å²) in [5.74, 6) is 1.02. The first kappa shape index (κ1) is 14.4. The smallest absolute Gasteiger partial charge is 0.185 e. The highest BCUT2D eigenvalue weighted by Crippen LogP contribution is 2.33. The van der Waals surface area contributed by atoms with Gasteiger partial charge in [-0.1, -0.05) is 36.4 Å². The van der Waals surface area contributed by atoms with Crippen LogP contribution in [0.1, 0.15) is 21.3 Å². The Bertz CT molecular complexity index is 596. The molecule has 0 aliphatic carbocycles. The van der Waals surface area contributed by atoms with Crippen LogP contribution in [0, 0.1) is 0 Å². The van der Waals surface area contributed by atoms with Gasteiger partial charge in [0.15, 0.2) is 17.3 Å². The largest absolute Gasteiger partial charge is 0.493 e. The molecule has 0 N–H and O–H groups in total. The molecule has 2 aromatic carbocycles. The molecule has 1 unspecified atom stereocenters. The van der Waals surface area contributed by atoms with Gasteiger partial charge >= 0.3 is 0 Å². The molecular formula is C16H15ClO3. The van der Waals surface area contributed by atoms with Crippen molar-refractivity contribution in [2.24, 2.45) is 0 Å². The number of hydrogen-bond donors (Lipinski definition) is 0. The van der Waals surface area contributed by atoms with Crippen molar-refractivity contribution in [3.8, 4) is 11.5 Å². The van der Waals surface area contributed by atoms with E-state index in [4.69, 9.17) is 21.1 Å². The zero-order chi connectivity index (χ0) is 14.5. The number of Topliss-reactive ketones (excluding diaryl/α,β-unsaturated/α-hetero) is 1. The molecule has 0 aromatic heterocycles. The first-order chi connectivity index (χ1) is 9.67. The third-order valence-corrected chi connectivity index (χ3v) is 3.44. The second-order valence-electron chi connectivity index (χ2n) is 4.21. The molecule has 0 amide bonds. The van der Waals surface area contributed by atoms with Crippen molar-refractivity contribution in [3.63, 3.8) is 0 Å². The molecule has 4 heteroatoms. The second-order valence-corrected chi connectivity index (χ2v) is 4.64. The third-order valence-electron chi connectivity index (χ3n) is 2.99. The van der Waals surface area contributed by atoms with Crippen LogP contribution >= 0.6 is 11.6 Å². The Labute approximate surface area is 123 Å². The molecule has 104 valence electrons. The van der Waals surface area contributed by atoms with Crippen molar-refractivity contribution in [2.75, 3.05) is 14.2 Å².